The normalized spacial score (nSPS) is 16.5. The maximum atomic E-state index is 12.0. The van der Waals surface area contributed by atoms with Crippen LogP contribution in [0.15, 0.2) is 28.7 Å². The molecule has 1 aliphatic rings. The van der Waals surface area contributed by atoms with Crippen molar-refractivity contribution in [1.29, 1.82) is 0 Å². The largest absolute Gasteiger partial charge is 0.355 e. The van der Waals surface area contributed by atoms with Gasteiger partial charge in [-0.2, -0.15) is 0 Å². The van der Waals surface area contributed by atoms with Crippen LogP contribution in [0.5, 0.6) is 0 Å². The van der Waals surface area contributed by atoms with Crippen molar-refractivity contribution in [1.82, 2.24) is 10.6 Å². The minimum atomic E-state index is 0.156. The Morgan fingerprint density at radius 1 is 1.30 bits per heavy atom. The average Bonchev–Trinajstić information content (AvgIpc) is 2.40. The molecule has 0 aromatic heterocycles. The minimum absolute atomic E-state index is 0.156. The molecule has 0 heterocycles. The van der Waals surface area contributed by atoms with Gasteiger partial charge in [-0.15, -0.1) is 0 Å². The highest BCUT2D eigenvalue weighted by Crippen LogP contribution is 2.39. The lowest BCUT2D eigenvalue weighted by Crippen LogP contribution is -2.47. The first-order valence-corrected chi connectivity index (χ1v) is 8.09. The molecule has 1 aliphatic carbocycles. The van der Waals surface area contributed by atoms with Gasteiger partial charge in [-0.3, -0.25) is 4.79 Å². The second kappa shape index (κ2) is 7.23. The predicted octanol–water partition coefficient (Wildman–Crippen LogP) is 2.89. The predicted molar refractivity (Wildman–Crippen MR) is 85.7 cm³/mol. The molecule has 1 saturated carbocycles. The van der Waals surface area contributed by atoms with Crippen molar-refractivity contribution in [2.75, 3.05) is 20.1 Å². The fraction of sp³-hybridized carbons (Fsp3) is 0.562. The zero-order chi connectivity index (χ0) is 14.4. The van der Waals surface area contributed by atoms with Crippen LogP contribution in [0.25, 0.3) is 0 Å². The molecule has 0 unspecified atom stereocenters. The van der Waals surface area contributed by atoms with Crippen molar-refractivity contribution in [3.8, 4) is 0 Å². The Bertz CT molecular complexity index is 458. The summed E-state index contributed by atoms with van der Waals surface area (Å²) in [6.45, 7) is 1.81. The summed E-state index contributed by atoms with van der Waals surface area (Å²) in [5, 5.41) is 6.35. The number of rotatable bonds is 7. The van der Waals surface area contributed by atoms with Crippen LogP contribution in [-0.2, 0) is 11.2 Å². The van der Waals surface area contributed by atoms with Gasteiger partial charge in [0.05, 0.1) is 0 Å². The van der Waals surface area contributed by atoms with Gasteiger partial charge in [-0.1, -0.05) is 40.5 Å². The molecule has 110 valence electrons. The van der Waals surface area contributed by atoms with E-state index in [-0.39, 0.29) is 5.91 Å². The summed E-state index contributed by atoms with van der Waals surface area (Å²) in [4.78, 5) is 12.0. The van der Waals surface area contributed by atoms with Gasteiger partial charge in [-0.05, 0) is 37.9 Å². The van der Waals surface area contributed by atoms with Crippen LogP contribution in [0.2, 0.25) is 0 Å². The van der Waals surface area contributed by atoms with E-state index in [1.165, 1.54) is 24.8 Å². The van der Waals surface area contributed by atoms with E-state index in [9.17, 15) is 4.79 Å². The summed E-state index contributed by atoms with van der Waals surface area (Å²) >= 11 is 3.52. The van der Waals surface area contributed by atoms with Crippen LogP contribution < -0.4 is 10.6 Å². The Labute approximate surface area is 129 Å². The van der Waals surface area contributed by atoms with Gasteiger partial charge in [0.2, 0.25) is 5.91 Å². The van der Waals surface area contributed by atoms with E-state index in [4.69, 9.17) is 0 Å². The molecular formula is C16H23BrN2O. The highest BCUT2D eigenvalue weighted by atomic mass is 79.9. The van der Waals surface area contributed by atoms with Gasteiger partial charge in [0, 0.05) is 29.4 Å². The van der Waals surface area contributed by atoms with Crippen LogP contribution >= 0.6 is 15.9 Å². The van der Waals surface area contributed by atoms with E-state index < -0.39 is 0 Å². The van der Waals surface area contributed by atoms with Crippen LogP contribution in [0, 0.1) is 5.41 Å². The summed E-state index contributed by atoms with van der Waals surface area (Å²) in [5.74, 6) is 0.156. The van der Waals surface area contributed by atoms with Gasteiger partial charge in [0.15, 0.2) is 0 Å². The summed E-state index contributed by atoms with van der Waals surface area (Å²) in [5.41, 5.74) is 1.49. The quantitative estimate of drug-likeness (QED) is 0.802. The molecule has 2 N–H and O–H groups in total. The number of carbonyl (C=O) groups excluding carboxylic acids is 1. The molecule has 1 fully saturated rings. The molecule has 0 radical (unpaired) electrons. The van der Waals surface area contributed by atoms with Crippen molar-refractivity contribution in [2.45, 2.75) is 32.1 Å². The zero-order valence-electron chi connectivity index (χ0n) is 12.0. The molecule has 3 nitrogen and oxygen atoms in total. The highest BCUT2D eigenvalue weighted by molar-refractivity contribution is 9.10. The van der Waals surface area contributed by atoms with Gasteiger partial charge >= 0.3 is 0 Å². The van der Waals surface area contributed by atoms with Crippen LogP contribution in [0.1, 0.15) is 31.2 Å². The monoisotopic (exact) mass is 338 g/mol. The van der Waals surface area contributed by atoms with Crippen molar-refractivity contribution < 1.29 is 4.79 Å². The molecule has 0 saturated heterocycles. The fourth-order valence-corrected chi connectivity index (χ4v) is 3.27. The molecule has 1 aromatic carbocycles. The third-order valence-corrected chi connectivity index (χ3v) is 4.98. The maximum absolute atomic E-state index is 12.0. The fourth-order valence-electron chi connectivity index (χ4n) is 2.79. The Hall–Kier alpha value is -0.870. The van der Waals surface area contributed by atoms with Crippen LogP contribution in [-0.4, -0.2) is 26.0 Å². The summed E-state index contributed by atoms with van der Waals surface area (Å²) < 4.78 is 1.08. The minimum Gasteiger partial charge on any atom is -0.355 e. The molecule has 1 aromatic rings. The molecule has 0 spiro atoms. The Kier molecular flexibility index (Phi) is 5.61. The molecule has 4 heteroatoms. The zero-order valence-corrected chi connectivity index (χ0v) is 13.6. The second-order valence-electron chi connectivity index (χ2n) is 5.75. The molecule has 0 atom stereocenters. The second-order valence-corrected chi connectivity index (χ2v) is 6.61. The summed E-state index contributed by atoms with van der Waals surface area (Å²) in [6.07, 6.45) is 5.07. The lowest BCUT2D eigenvalue weighted by atomic mass is 9.68. The molecule has 0 bridgehead atoms. The third kappa shape index (κ3) is 4.06. The van der Waals surface area contributed by atoms with Gasteiger partial charge in [0.1, 0.15) is 0 Å². The Balaban J connectivity index is 1.74. The molecule has 2 rings (SSSR count). The van der Waals surface area contributed by atoms with E-state index in [1.54, 1.807) is 0 Å². The first kappa shape index (κ1) is 15.5. The number of halogens is 1. The Morgan fingerprint density at radius 2 is 2.05 bits per heavy atom. The first-order valence-electron chi connectivity index (χ1n) is 7.30. The van der Waals surface area contributed by atoms with Gasteiger partial charge < -0.3 is 10.6 Å². The van der Waals surface area contributed by atoms with Crippen molar-refractivity contribution >= 4 is 21.8 Å². The van der Waals surface area contributed by atoms with Crippen LogP contribution in [0.3, 0.4) is 0 Å². The highest BCUT2D eigenvalue weighted by Gasteiger charge is 2.36. The lowest BCUT2D eigenvalue weighted by molar-refractivity contribution is -0.121. The number of benzene rings is 1. The number of hydrogen-bond donors (Lipinski definition) is 2. The van der Waals surface area contributed by atoms with E-state index in [0.717, 1.165) is 24.0 Å². The van der Waals surface area contributed by atoms with E-state index in [0.29, 0.717) is 11.8 Å². The number of hydrogen-bond acceptors (Lipinski definition) is 2. The third-order valence-electron chi connectivity index (χ3n) is 4.21. The molecule has 20 heavy (non-hydrogen) atoms. The van der Waals surface area contributed by atoms with Gasteiger partial charge in [-0.25, -0.2) is 0 Å². The van der Waals surface area contributed by atoms with Gasteiger partial charge in [0.25, 0.3) is 0 Å². The number of aryl methyl sites for hydroxylation is 1. The average molecular weight is 339 g/mol. The standard InChI is InChI=1S/C16H23BrN2O/c1-18-11-16(9-4-10-16)12-19-15(20)8-7-13-5-2-3-6-14(13)17/h2-3,5-6,18H,4,7-12H2,1H3,(H,19,20). The first-order chi connectivity index (χ1) is 9.65. The maximum Gasteiger partial charge on any atom is 0.220 e. The van der Waals surface area contributed by atoms with E-state index in [2.05, 4.69) is 32.6 Å². The van der Waals surface area contributed by atoms with E-state index >= 15 is 0 Å². The number of amides is 1. The number of carbonyl (C=O) groups is 1. The van der Waals surface area contributed by atoms with Crippen molar-refractivity contribution in [3.63, 3.8) is 0 Å². The molecular weight excluding hydrogens is 316 g/mol. The summed E-state index contributed by atoms with van der Waals surface area (Å²) in [7, 11) is 1.98. The Morgan fingerprint density at radius 3 is 2.65 bits per heavy atom. The summed E-state index contributed by atoms with van der Waals surface area (Å²) in [6, 6.07) is 8.08. The SMILES string of the molecule is CNCC1(CNC(=O)CCc2ccccc2Br)CCC1. The number of nitrogens with one attached hydrogen (secondary N) is 2. The molecule has 0 aliphatic heterocycles. The van der Waals surface area contributed by atoms with Crippen molar-refractivity contribution in [3.05, 3.63) is 34.3 Å². The van der Waals surface area contributed by atoms with Crippen LogP contribution in [0.4, 0.5) is 0 Å². The van der Waals surface area contributed by atoms with Crippen molar-refractivity contribution in [2.24, 2.45) is 5.41 Å². The topological polar surface area (TPSA) is 41.1 Å². The lowest BCUT2D eigenvalue weighted by Gasteiger charge is -2.42. The smallest absolute Gasteiger partial charge is 0.220 e. The van der Waals surface area contributed by atoms with E-state index in [1.807, 2.05) is 25.2 Å². The molecule has 1 amide bonds.